The summed E-state index contributed by atoms with van der Waals surface area (Å²) in [4.78, 5) is 25.8. The number of piperidine rings is 1. The lowest BCUT2D eigenvalue weighted by molar-refractivity contribution is -0.132. The first-order chi connectivity index (χ1) is 13.5. The molecule has 2 aromatic carbocycles. The molecule has 0 unspecified atom stereocenters. The Labute approximate surface area is 165 Å². The number of carbonyl (C=O) groups excluding carboxylic acids is 2. The minimum atomic E-state index is 0.0161. The standard InChI is InChI=1S/C23H27N3O2/c1-16(27)24-15-17-9-11-26(12-10-17)23(28)14-18-7-8-22-20(13-18)19-5-3-4-6-21(19)25(22)2/h3-8,13,17H,9-12,14-15H2,1-2H3,(H,24,27). The van der Waals surface area contributed by atoms with E-state index < -0.39 is 0 Å². The smallest absolute Gasteiger partial charge is 0.226 e. The van der Waals surface area contributed by atoms with E-state index in [0.717, 1.165) is 38.0 Å². The van der Waals surface area contributed by atoms with Crippen molar-refractivity contribution in [2.45, 2.75) is 26.2 Å². The van der Waals surface area contributed by atoms with Gasteiger partial charge in [-0.1, -0.05) is 24.3 Å². The number of fused-ring (bicyclic) bond motifs is 3. The number of hydrogen-bond acceptors (Lipinski definition) is 2. The van der Waals surface area contributed by atoms with Crippen LogP contribution in [-0.2, 0) is 23.1 Å². The minimum Gasteiger partial charge on any atom is -0.356 e. The van der Waals surface area contributed by atoms with Crippen molar-refractivity contribution in [3.8, 4) is 0 Å². The summed E-state index contributed by atoms with van der Waals surface area (Å²) >= 11 is 0. The number of benzene rings is 2. The Bertz CT molecular complexity index is 1030. The van der Waals surface area contributed by atoms with Crippen molar-refractivity contribution in [1.82, 2.24) is 14.8 Å². The van der Waals surface area contributed by atoms with E-state index in [9.17, 15) is 9.59 Å². The maximum atomic E-state index is 12.8. The van der Waals surface area contributed by atoms with Gasteiger partial charge in [-0.2, -0.15) is 0 Å². The third kappa shape index (κ3) is 3.61. The first kappa shape index (κ1) is 18.5. The SMILES string of the molecule is CC(=O)NCC1CCN(C(=O)Cc2ccc3c(c2)c2ccccc2n3C)CC1. The van der Waals surface area contributed by atoms with E-state index in [2.05, 4.69) is 59.4 Å². The van der Waals surface area contributed by atoms with Crippen LogP contribution in [-0.4, -0.2) is 40.9 Å². The van der Waals surface area contributed by atoms with E-state index in [1.54, 1.807) is 6.92 Å². The van der Waals surface area contributed by atoms with Crippen LogP contribution in [0.1, 0.15) is 25.3 Å². The zero-order valence-corrected chi connectivity index (χ0v) is 16.6. The van der Waals surface area contributed by atoms with Gasteiger partial charge in [-0.3, -0.25) is 9.59 Å². The molecule has 5 nitrogen and oxygen atoms in total. The van der Waals surface area contributed by atoms with E-state index >= 15 is 0 Å². The third-order valence-corrected chi connectivity index (χ3v) is 5.94. The number of aryl methyl sites for hydroxylation is 1. The maximum absolute atomic E-state index is 12.8. The van der Waals surface area contributed by atoms with Crippen LogP contribution in [0.3, 0.4) is 0 Å². The minimum absolute atomic E-state index is 0.0161. The van der Waals surface area contributed by atoms with Gasteiger partial charge in [0.2, 0.25) is 11.8 Å². The van der Waals surface area contributed by atoms with E-state index in [4.69, 9.17) is 0 Å². The molecule has 0 saturated carbocycles. The number of para-hydroxylation sites is 1. The molecule has 0 atom stereocenters. The van der Waals surface area contributed by atoms with E-state index in [0.29, 0.717) is 12.3 Å². The van der Waals surface area contributed by atoms with E-state index in [-0.39, 0.29) is 11.8 Å². The van der Waals surface area contributed by atoms with Crippen LogP contribution in [0.5, 0.6) is 0 Å². The molecular formula is C23H27N3O2. The molecule has 0 radical (unpaired) electrons. The summed E-state index contributed by atoms with van der Waals surface area (Å²) < 4.78 is 2.20. The zero-order valence-electron chi connectivity index (χ0n) is 16.6. The van der Waals surface area contributed by atoms with Crippen molar-refractivity contribution in [3.05, 3.63) is 48.0 Å². The average Bonchev–Trinajstić information content (AvgIpc) is 2.99. The fourth-order valence-electron chi connectivity index (χ4n) is 4.29. The lowest BCUT2D eigenvalue weighted by Crippen LogP contribution is -2.41. The monoisotopic (exact) mass is 377 g/mol. The number of rotatable bonds is 4. The highest BCUT2D eigenvalue weighted by molar-refractivity contribution is 6.08. The first-order valence-corrected chi connectivity index (χ1v) is 10.0. The van der Waals surface area contributed by atoms with Crippen LogP contribution in [0.4, 0.5) is 0 Å². The molecule has 1 fully saturated rings. The van der Waals surface area contributed by atoms with Crippen LogP contribution < -0.4 is 5.32 Å². The summed E-state index contributed by atoms with van der Waals surface area (Å²) in [5, 5.41) is 5.32. The molecule has 2 amide bonds. The molecule has 146 valence electrons. The number of aromatic nitrogens is 1. The molecular weight excluding hydrogens is 350 g/mol. The van der Waals surface area contributed by atoms with Crippen molar-refractivity contribution >= 4 is 33.6 Å². The Morgan fingerprint density at radius 2 is 1.75 bits per heavy atom. The Morgan fingerprint density at radius 1 is 1.04 bits per heavy atom. The van der Waals surface area contributed by atoms with Gasteiger partial charge >= 0.3 is 0 Å². The lowest BCUT2D eigenvalue weighted by atomic mass is 9.96. The predicted octanol–water partition coefficient (Wildman–Crippen LogP) is 3.25. The largest absolute Gasteiger partial charge is 0.356 e. The van der Waals surface area contributed by atoms with Gasteiger partial charge < -0.3 is 14.8 Å². The Kier molecular flexibility index (Phi) is 5.07. The van der Waals surface area contributed by atoms with Crippen LogP contribution >= 0.6 is 0 Å². The molecule has 0 aliphatic carbocycles. The van der Waals surface area contributed by atoms with Crippen LogP contribution in [0, 0.1) is 5.92 Å². The summed E-state index contributed by atoms with van der Waals surface area (Å²) in [6.45, 7) is 3.82. The Hall–Kier alpha value is -2.82. The van der Waals surface area contributed by atoms with Crippen molar-refractivity contribution in [2.75, 3.05) is 19.6 Å². The summed E-state index contributed by atoms with van der Waals surface area (Å²) in [6, 6.07) is 14.7. The molecule has 0 bridgehead atoms. The first-order valence-electron chi connectivity index (χ1n) is 10.0. The number of likely N-dealkylation sites (tertiary alicyclic amines) is 1. The highest BCUT2D eigenvalue weighted by atomic mass is 16.2. The molecule has 1 N–H and O–H groups in total. The van der Waals surface area contributed by atoms with Gasteiger partial charge in [0.25, 0.3) is 0 Å². The normalized spacial score (nSPS) is 15.3. The Morgan fingerprint density at radius 3 is 2.50 bits per heavy atom. The van der Waals surface area contributed by atoms with Gasteiger partial charge in [-0.05, 0) is 42.5 Å². The molecule has 1 saturated heterocycles. The molecule has 3 aromatic rings. The van der Waals surface area contributed by atoms with Crippen molar-refractivity contribution in [3.63, 3.8) is 0 Å². The second-order valence-corrected chi connectivity index (χ2v) is 7.87. The van der Waals surface area contributed by atoms with Crippen molar-refractivity contribution in [2.24, 2.45) is 13.0 Å². The topological polar surface area (TPSA) is 54.3 Å². The molecule has 4 rings (SSSR count). The Balaban J connectivity index is 1.44. The van der Waals surface area contributed by atoms with Crippen LogP contribution in [0.2, 0.25) is 0 Å². The molecule has 1 aliphatic heterocycles. The second-order valence-electron chi connectivity index (χ2n) is 7.87. The maximum Gasteiger partial charge on any atom is 0.226 e. The van der Waals surface area contributed by atoms with Gasteiger partial charge in [0.15, 0.2) is 0 Å². The van der Waals surface area contributed by atoms with E-state index in [1.807, 2.05) is 4.90 Å². The highest BCUT2D eigenvalue weighted by Gasteiger charge is 2.23. The molecule has 2 heterocycles. The molecule has 1 aromatic heterocycles. The second kappa shape index (κ2) is 7.66. The van der Waals surface area contributed by atoms with Gasteiger partial charge in [0, 0.05) is 55.4 Å². The fourth-order valence-corrected chi connectivity index (χ4v) is 4.29. The summed E-state index contributed by atoms with van der Waals surface area (Å²) in [5.74, 6) is 0.680. The van der Waals surface area contributed by atoms with E-state index in [1.165, 1.54) is 21.8 Å². The van der Waals surface area contributed by atoms with Crippen LogP contribution in [0.25, 0.3) is 21.8 Å². The van der Waals surface area contributed by atoms with Gasteiger partial charge in [-0.25, -0.2) is 0 Å². The summed E-state index contributed by atoms with van der Waals surface area (Å²) in [6.07, 6.45) is 2.35. The summed E-state index contributed by atoms with van der Waals surface area (Å²) in [5.41, 5.74) is 3.47. The molecule has 0 spiro atoms. The number of hydrogen-bond donors (Lipinski definition) is 1. The van der Waals surface area contributed by atoms with Crippen molar-refractivity contribution < 1.29 is 9.59 Å². The third-order valence-electron chi connectivity index (χ3n) is 5.94. The lowest BCUT2D eigenvalue weighted by Gasteiger charge is -2.32. The number of amides is 2. The molecule has 28 heavy (non-hydrogen) atoms. The quantitative estimate of drug-likeness (QED) is 0.759. The summed E-state index contributed by atoms with van der Waals surface area (Å²) in [7, 11) is 2.08. The van der Waals surface area contributed by atoms with Gasteiger partial charge in [0.05, 0.1) is 6.42 Å². The van der Waals surface area contributed by atoms with Crippen LogP contribution in [0.15, 0.2) is 42.5 Å². The van der Waals surface area contributed by atoms with Gasteiger partial charge in [-0.15, -0.1) is 0 Å². The number of nitrogens with zero attached hydrogens (tertiary/aromatic N) is 2. The predicted molar refractivity (Wildman–Crippen MR) is 112 cm³/mol. The van der Waals surface area contributed by atoms with Gasteiger partial charge in [0.1, 0.15) is 0 Å². The fraction of sp³-hybridized carbons (Fsp3) is 0.391. The molecule has 5 heteroatoms. The number of carbonyl (C=O) groups is 2. The zero-order chi connectivity index (χ0) is 19.7. The molecule has 1 aliphatic rings. The number of nitrogens with one attached hydrogen (secondary N) is 1. The highest BCUT2D eigenvalue weighted by Crippen LogP contribution is 2.29. The average molecular weight is 377 g/mol. The van der Waals surface area contributed by atoms with Crippen molar-refractivity contribution in [1.29, 1.82) is 0 Å².